The molecule has 0 bridgehead atoms. The van der Waals surface area contributed by atoms with E-state index in [0.29, 0.717) is 55.6 Å². The highest BCUT2D eigenvalue weighted by Gasteiger charge is 2.52. The number of carbonyl (C=O) groups is 2. The van der Waals surface area contributed by atoms with Gasteiger partial charge in [0.1, 0.15) is 67.0 Å². The van der Waals surface area contributed by atoms with Gasteiger partial charge in [-0.25, -0.2) is 0 Å². The van der Waals surface area contributed by atoms with E-state index in [9.17, 15) is 19.8 Å². The number of halogens is 1. The fraction of sp³-hybridized carbons (Fsp3) is 0.0345. The summed E-state index contributed by atoms with van der Waals surface area (Å²) in [5.74, 6) is -0.132. The molecule has 2 aliphatic rings. The maximum Gasteiger partial charge on any atom is 0.195 e. The first kappa shape index (κ1) is 75.4. The van der Waals surface area contributed by atoms with E-state index in [-0.39, 0.29) is 13.0 Å². The molecule has 0 spiro atoms. The lowest BCUT2D eigenvalue weighted by Gasteiger charge is -2.45. The lowest BCUT2D eigenvalue weighted by atomic mass is 9.62. The van der Waals surface area contributed by atoms with Crippen LogP contribution in [0, 0.1) is 0 Å². The minimum atomic E-state index is -1.59. The van der Waals surface area contributed by atoms with E-state index < -0.39 is 11.2 Å². The van der Waals surface area contributed by atoms with Crippen LogP contribution < -0.4 is 0 Å². The Morgan fingerprint density at radius 1 is 0.238 bits per heavy atom. The molecule has 0 amide bonds. The first-order valence-electron chi connectivity index (χ1n) is 42.4. The zero-order valence-corrected chi connectivity index (χ0v) is 69.7. The molecule has 20 aromatic carbocycles. The monoisotopic (exact) mass is 1690 g/mol. The Bertz CT molecular complexity index is 8840. The summed E-state index contributed by atoms with van der Waals surface area (Å²) in [4.78, 5) is 25.3. The van der Waals surface area contributed by atoms with Crippen molar-refractivity contribution in [1.29, 1.82) is 0 Å². The van der Waals surface area contributed by atoms with Gasteiger partial charge in [0.15, 0.2) is 11.6 Å². The SMILES string of the molecule is Brc1ccc2oc3ccccc3c2c1.CC.O=C1c2ccccc2C(=O)c2c1ccc1ccccc21.OC1(c2ccc3oc4ccccc4c3c2)c2ccccc2C(O)(c2ccc3oc4ccccc4c3c2)c2c1ccc1ccccc21.[H-].c1ccc2c(c1)ccc1c(-c3ccc4oc5ccccc5c4c3)c3ccccc3c(-c3ccc4oc5ccccc5c4c3)c12. The standard InChI is InChI=1S/C42H26O4.C42H24O2.C18H10O2.C12H7BrO.C2H6.H/c43-41(26-18-21-38-31(23-26)29-11-3-7-15-36(29)45-38)33-13-5-6-14-34(33)42(44,40-28-10-2-1-9-25(28)17-20-35(40)41)27-19-22-39-32(24-27)30-12-4-8-16-37(30)46-39;1-2-10-28-25(9-1)17-20-33-40(26-18-21-38-34(23-26)29-11-5-7-15-36(29)43-38)31-13-3-4-14-32(31)41(42(28)33)27-19-22-39-35(24-27)30-12-6-8-16-37(30)44-39;19-17-13-7-3-4-8-14(13)18(20)16-12-6-2-1-5-11(12)9-10-15(16)17;13-8-5-6-12-10(7-8)9-3-1-2-4-11(9)14-12;1-2;/h1-24,43-44H;1-24H;1-10H;1-7H;1-2H3;/q;;;;;-1. The van der Waals surface area contributed by atoms with Crippen LogP contribution in [0.15, 0.2) is 421 Å². The minimum absolute atomic E-state index is 0. The molecule has 0 saturated heterocycles. The highest BCUT2D eigenvalue weighted by Crippen LogP contribution is 2.57. The molecule has 2 unspecified atom stereocenters. The molecule has 0 fully saturated rings. The molecular weight excluding hydrogens is 1620 g/mol. The van der Waals surface area contributed by atoms with Crippen molar-refractivity contribution in [3.63, 3.8) is 0 Å². The van der Waals surface area contributed by atoms with Crippen molar-refractivity contribution < 1.29 is 43.3 Å². The van der Waals surface area contributed by atoms with Crippen molar-refractivity contribution >= 4 is 191 Å². The van der Waals surface area contributed by atoms with Gasteiger partial charge in [-0.15, -0.1) is 0 Å². The second kappa shape index (κ2) is 29.9. The first-order valence-corrected chi connectivity index (χ1v) is 43.2. The third-order valence-corrected chi connectivity index (χ3v) is 25.9. The number of para-hydroxylation sites is 5. The summed E-state index contributed by atoms with van der Waals surface area (Å²) in [5.41, 5.74) is 16.4. The van der Waals surface area contributed by atoms with E-state index in [4.69, 9.17) is 22.1 Å². The predicted molar refractivity (Wildman–Crippen MR) is 518 cm³/mol. The van der Waals surface area contributed by atoms with Crippen molar-refractivity contribution in [3.05, 3.63) is 454 Å². The van der Waals surface area contributed by atoms with Crippen LogP contribution in [0.4, 0.5) is 0 Å². The molecule has 126 heavy (non-hydrogen) atoms. The number of carbonyl (C=O) groups excluding carboxylic acids is 2. The van der Waals surface area contributed by atoms with Gasteiger partial charge in [0.05, 0.1) is 0 Å². The van der Waals surface area contributed by atoms with E-state index in [0.717, 1.165) is 130 Å². The van der Waals surface area contributed by atoms with Crippen LogP contribution in [0.1, 0.15) is 80.5 Å². The number of hydrogen-bond donors (Lipinski definition) is 2. The molecule has 9 nitrogen and oxygen atoms in total. The Kier molecular flexibility index (Phi) is 17.9. The zero-order valence-electron chi connectivity index (χ0n) is 69.2. The van der Waals surface area contributed by atoms with Gasteiger partial charge >= 0.3 is 0 Å². The second-order valence-corrected chi connectivity index (χ2v) is 33.0. The summed E-state index contributed by atoms with van der Waals surface area (Å²) in [7, 11) is 0. The zero-order chi connectivity index (χ0) is 84.6. The predicted octanol–water partition coefficient (Wildman–Crippen LogP) is 30.9. The van der Waals surface area contributed by atoms with E-state index in [1.165, 1.54) is 60.0 Å². The highest BCUT2D eigenvalue weighted by atomic mass is 79.9. The summed E-state index contributed by atoms with van der Waals surface area (Å²) in [5, 5.41) is 48.5. The van der Waals surface area contributed by atoms with Gasteiger partial charge in [-0.1, -0.05) is 321 Å². The molecule has 10 heteroatoms. The lowest BCUT2D eigenvalue weighted by molar-refractivity contribution is 0.0762. The number of furan rings is 5. The Balaban J connectivity index is 0.000000108. The number of benzene rings is 20. The van der Waals surface area contributed by atoms with Gasteiger partial charge in [-0.2, -0.15) is 0 Å². The quantitative estimate of drug-likeness (QED) is 0.130. The Morgan fingerprint density at radius 3 is 1.10 bits per heavy atom. The fourth-order valence-corrected chi connectivity index (χ4v) is 20.1. The minimum Gasteiger partial charge on any atom is -1.00 e. The van der Waals surface area contributed by atoms with Crippen molar-refractivity contribution in [2.45, 2.75) is 25.0 Å². The van der Waals surface area contributed by atoms with Gasteiger partial charge in [0.25, 0.3) is 0 Å². The molecule has 27 rings (SSSR count). The van der Waals surface area contributed by atoms with Crippen LogP contribution in [-0.4, -0.2) is 21.8 Å². The van der Waals surface area contributed by atoms with Crippen LogP contribution >= 0.6 is 15.9 Å². The van der Waals surface area contributed by atoms with Crippen LogP contribution in [-0.2, 0) is 11.2 Å². The van der Waals surface area contributed by atoms with Gasteiger partial charge in [-0.3, -0.25) is 9.59 Å². The lowest BCUT2D eigenvalue weighted by Crippen LogP contribution is -2.44. The molecule has 25 aromatic rings. The summed E-state index contributed by atoms with van der Waals surface area (Å²) >= 11 is 3.46. The molecule has 0 radical (unpaired) electrons. The molecule has 2 atom stereocenters. The van der Waals surface area contributed by atoms with E-state index in [1.54, 1.807) is 30.3 Å². The molecule has 5 aromatic heterocycles. The van der Waals surface area contributed by atoms with Crippen molar-refractivity contribution in [2.24, 2.45) is 0 Å². The van der Waals surface area contributed by atoms with Gasteiger partial charge in [0, 0.05) is 91.7 Å². The van der Waals surface area contributed by atoms with E-state index in [2.05, 4.69) is 149 Å². The third-order valence-electron chi connectivity index (χ3n) is 25.4. The van der Waals surface area contributed by atoms with E-state index in [1.807, 2.05) is 244 Å². The summed E-state index contributed by atoms with van der Waals surface area (Å²) in [6, 6.07) is 132. The average Bonchev–Trinajstić information content (AvgIpc) is 1.22. The maximum absolute atomic E-state index is 13.4. The van der Waals surface area contributed by atoms with E-state index >= 15 is 0 Å². The Hall–Kier alpha value is -15.6. The molecule has 5 heterocycles. The number of ketones is 2. The van der Waals surface area contributed by atoms with Crippen LogP contribution in [0.5, 0.6) is 0 Å². The summed E-state index contributed by atoms with van der Waals surface area (Å²) in [6.07, 6.45) is 0. The molecule has 2 N–H and O–H groups in total. The maximum atomic E-state index is 13.4. The van der Waals surface area contributed by atoms with Gasteiger partial charge in [0.2, 0.25) is 0 Å². The molecular formula is C116H74BrO9-. The largest absolute Gasteiger partial charge is 1.00 e. The molecule has 0 saturated carbocycles. The normalized spacial score (nSPS) is 14.6. The molecule has 600 valence electrons. The van der Waals surface area contributed by atoms with Crippen molar-refractivity contribution in [1.82, 2.24) is 0 Å². The summed E-state index contributed by atoms with van der Waals surface area (Å²) < 4.78 is 31.5. The Labute approximate surface area is 731 Å². The number of aliphatic hydroxyl groups is 2. The van der Waals surface area contributed by atoms with Crippen molar-refractivity contribution in [3.8, 4) is 22.3 Å². The smallest absolute Gasteiger partial charge is 0.195 e. The van der Waals surface area contributed by atoms with Crippen LogP contribution in [0.3, 0.4) is 0 Å². The molecule has 0 aliphatic heterocycles. The Morgan fingerprint density at radius 2 is 0.579 bits per heavy atom. The second-order valence-electron chi connectivity index (χ2n) is 32.1. The van der Waals surface area contributed by atoms with Crippen molar-refractivity contribution in [2.75, 3.05) is 0 Å². The number of hydrogen-bond acceptors (Lipinski definition) is 9. The number of fused-ring (bicyclic) bond motifs is 27. The highest BCUT2D eigenvalue weighted by molar-refractivity contribution is 9.10. The third kappa shape index (κ3) is 11.8. The summed E-state index contributed by atoms with van der Waals surface area (Å²) in [6.45, 7) is 4.00. The van der Waals surface area contributed by atoms with Crippen LogP contribution in [0.2, 0.25) is 0 Å². The van der Waals surface area contributed by atoms with Gasteiger partial charge < -0.3 is 33.7 Å². The fourth-order valence-electron chi connectivity index (χ4n) is 19.8. The average molecular weight is 1690 g/mol. The first-order chi connectivity index (χ1) is 62.0. The van der Waals surface area contributed by atoms with Gasteiger partial charge in [-0.05, 0) is 201 Å². The molecule has 2 aliphatic carbocycles. The number of rotatable bonds is 4. The topological polar surface area (TPSA) is 140 Å². The van der Waals surface area contributed by atoms with Crippen LogP contribution in [0.25, 0.3) is 186 Å².